The molecule has 0 saturated heterocycles. The average molecular weight is 511 g/mol. The van der Waals surface area contributed by atoms with Crippen LogP contribution in [0.1, 0.15) is 0 Å². The predicted octanol–water partition coefficient (Wildman–Crippen LogP) is 10.1. The zero-order valence-electron chi connectivity index (χ0n) is 21.9. The summed E-state index contributed by atoms with van der Waals surface area (Å²) < 4.78 is 4.63. The van der Waals surface area contributed by atoms with Crippen molar-refractivity contribution in [2.75, 3.05) is 0 Å². The van der Waals surface area contributed by atoms with Gasteiger partial charge in [-0.3, -0.25) is 0 Å². The third kappa shape index (κ3) is 3.65. The number of rotatable bonds is 4. The van der Waals surface area contributed by atoms with E-state index in [1.165, 1.54) is 66.3 Å². The second-order valence-electron chi connectivity index (χ2n) is 10.3. The molecule has 0 atom stereocenters. The van der Waals surface area contributed by atoms with E-state index >= 15 is 0 Å². The Kier molecular flexibility index (Phi) is 5.17. The van der Waals surface area contributed by atoms with E-state index in [4.69, 9.17) is 0 Å². The number of fused-ring (bicyclic) bond motifs is 4. The van der Waals surface area contributed by atoms with E-state index in [2.05, 4.69) is 167 Å². The maximum atomic E-state index is 2.38. The van der Waals surface area contributed by atoms with Crippen LogP contribution in [0.4, 0.5) is 0 Å². The highest BCUT2D eigenvalue weighted by Gasteiger charge is 2.13. The topological polar surface area (TPSA) is 9.86 Å². The van der Waals surface area contributed by atoms with E-state index in [1.807, 2.05) is 0 Å². The Morgan fingerprint density at radius 2 is 0.925 bits per heavy atom. The van der Waals surface area contributed by atoms with E-state index in [0.29, 0.717) is 0 Å². The van der Waals surface area contributed by atoms with Crippen molar-refractivity contribution in [1.82, 2.24) is 9.13 Å². The van der Waals surface area contributed by atoms with Crippen molar-refractivity contribution in [2.45, 2.75) is 0 Å². The largest absolute Gasteiger partial charge is 0.317 e. The van der Waals surface area contributed by atoms with E-state index in [1.54, 1.807) is 0 Å². The van der Waals surface area contributed by atoms with Crippen LogP contribution in [0, 0.1) is 0 Å². The Labute approximate surface area is 233 Å². The molecule has 40 heavy (non-hydrogen) atoms. The summed E-state index contributed by atoms with van der Waals surface area (Å²) >= 11 is 0. The lowest BCUT2D eigenvalue weighted by Crippen LogP contribution is -1.94. The van der Waals surface area contributed by atoms with Gasteiger partial charge >= 0.3 is 0 Å². The summed E-state index contributed by atoms with van der Waals surface area (Å²) in [4.78, 5) is 0. The maximum absolute atomic E-state index is 2.38. The van der Waals surface area contributed by atoms with Gasteiger partial charge in [0.05, 0.1) is 16.6 Å². The molecular weight excluding hydrogens is 484 g/mol. The molecule has 0 N–H and O–H groups in total. The van der Waals surface area contributed by atoms with Crippen LogP contribution in [0.3, 0.4) is 0 Å². The Morgan fingerprint density at radius 3 is 1.73 bits per heavy atom. The molecule has 0 spiro atoms. The second-order valence-corrected chi connectivity index (χ2v) is 10.3. The number of hydrogen-bond donors (Lipinski definition) is 0. The monoisotopic (exact) mass is 510 g/mol. The lowest BCUT2D eigenvalue weighted by Gasteiger charge is -2.10. The van der Waals surface area contributed by atoms with Gasteiger partial charge in [-0.1, -0.05) is 97.1 Å². The molecular formula is C38H26N2. The molecule has 0 aliphatic carbocycles. The molecule has 8 aromatic rings. The first-order chi connectivity index (χ1) is 19.8. The predicted molar refractivity (Wildman–Crippen MR) is 168 cm³/mol. The average Bonchev–Trinajstić information content (AvgIpc) is 3.61. The van der Waals surface area contributed by atoms with E-state index in [9.17, 15) is 0 Å². The van der Waals surface area contributed by atoms with Crippen LogP contribution >= 0.6 is 0 Å². The van der Waals surface area contributed by atoms with Gasteiger partial charge in [-0.15, -0.1) is 0 Å². The van der Waals surface area contributed by atoms with Gasteiger partial charge in [-0.2, -0.15) is 0 Å². The molecule has 6 aromatic carbocycles. The van der Waals surface area contributed by atoms with Crippen molar-refractivity contribution < 1.29 is 0 Å². The molecule has 0 fully saturated rings. The van der Waals surface area contributed by atoms with Crippen LogP contribution < -0.4 is 0 Å². The summed E-state index contributed by atoms with van der Waals surface area (Å²) in [6, 6.07) is 54.6. The number of nitrogens with zero attached hydrogens (tertiary/aromatic N) is 2. The van der Waals surface area contributed by atoms with Crippen molar-refractivity contribution in [3.63, 3.8) is 0 Å². The molecule has 0 radical (unpaired) electrons. The van der Waals surface area contributed by atoms with Crippen molar-refractivity contribution in [3.05, 3.63) is 158 Å². The fourth-order valence-electron chi connectivity index (χ4n) is 5.99. The standard InChI is InChI=1S/C38H26N2/c1-2-8-27(9-3-1)28-16-21-33(22-17-28)40-37-13-7-5-11-34(37)35-26-31(18-23-38(35)40)29-14-19-32(20-15-29)39-25-24-30-10-4-6-12-36(30)39/h1-26H. The molecule has 0 saturated carbocycles. The Bertz CT molecular complexity index is 2130. The van der Waals surface area contributed by atoms with E-state index in [-0.39, 0.29) is 0 Å². The molecule has 188 valence electrons. The van der Waals surface area contributed by atoms with Crippen molar-refractivity contribution in [3.8, 4) is 33.6 Å². The van der Waals surface area contributed by atoms with Gasteiger partial charge in [-0.25, -0.2) is 0 Å². The Hall–Kier alpha value is -5.34. The van der Waals surface area contributed by atoms with Crippen molar-refractivity contribution >= 4 is 32.7 Å². The second kappa shape index (κ2) is 9.14. The van der Waals surface area contributed by atoms with Gasteiger partial charge in [-0.05, 0) is 82.2 Å². The fraction of sp³-hybridized carbons (Fsp3) is 0. The van der Waals surface area contributed by atoms with Crippen LogP contribution in [0.15, 0.2) is 158 Å². The highest BCUT2D eigenvalue weighted by atomic mass is 15.0. The first-order valence-electron chi connectivity index (χ1n) is 13.7. The van der Waals surface area contributed by atoms with Crippen LogP contribution in [-0.4, -0.2) is 9.13 Å². The van der Waals surface area contributed by atoms with Gasteiger partial charge in [0, 0.05) is 28.3 Å². The Morgan fingerprint density at radius 1 is 0.350 bits per heavy atom. The van der Waals surface area contributed by atoms with Crippen LogP contribution in [0.2, 0.25) is 0 Å². The van der Waals surface area contributed by atoms with Gasteiger partial charge in [0.15, 0.2) is 0 Å². The molecule has 8 rings (SSSR count). The first kappa shape index (κ1) is 22.6. The van der Waals surface area contributed by atoms with Crippen molar-refractivity contribution in [1.29, 1.82) is 0 Å². The molecule has 0 bridgehead atoms. The minimum absolute atomic E-state index is 1.17. The highest BCUT2D eigenvalue weighted by molar-refractivity contribution is 6.10. The summed E-state index contributed by atoms with van der Waals surface area (Å²) in [6.07, 6.45) is 2.15. The summed E-state index contributed by atoms with van der Waals surface area (Å²) in [7, 11) is 0. The van der Waals surface area contributed by atoms with Gasteiger partial charge in [0.2, 0.25) is 0 Å². The van der Waals surface area contributed by atoms with Crippen LogP contribution in [0.5, 0.6) is 0 Å². The third-order valence-corrected chi connectivity index (χ3v) is 7.98. The van der Waals surface area contributed by atoms with Gasteiger partial charge < -0.3 is 9.13 Å². The molecule has 2 heterocycles. The van der Waals surface area contributed by atoms with Crippen molar-refractivity contribution in [2.24, 2.45) is 0 Å². The zero-order chi connectivity index (χ0) is 26.5. The summed E-state index contributed by atoms with van der Waals surface area (Å²) in [5.74, 6) is 0. The molecule has 0 aliphatic rings. The van der Waals surface area contributed by atoms with Gasteiger partial charge in [0.25, 0.3) is 0 Å². The lowest BCUT2D eigenvalue weighted by atomic mass is 10.0. The van der Waals surface area contributed by atoms with Gasteiger partial charge in [0.1, 0.15) is 0 Å². The number of benzene rings is 6. The summed E-state index contributed by atoms with van der Waals surface area (Å²) in [5.41, 5.74) is 10.9. The highest BCUT2D eigenvalue weighted by Crippen LogP contribution is 2.35. The molecule has 0 amide bonds. The molecule has 0 unspecified atom stereocenters. The third-order valence-electron chi connectivity index (χ3n) is 7.98. The molecule has 0 aliphatic heterocycles. The Balaban J connectivity index is 1.20. The SMILES string of the molecule is c1ccc(-c2ccc(-n3c4ccccc4c4cc(-c5ccc(-n6ccc7ccccc76)cc5)ccc43)cc2)cc1. The fourth-order valence-corrected chi connectivity index (χ4v) is 5.99. The normalized spacial score (nSPS) is 11.5. The summed E-state index contributed by atoms with van der Waals surface area (Å²) in [5, 5.41) is 3.78. The number of hydrogen-bond acceptors (Lipinski definition) is 0. The zero-order valence-corrected chi connectivity index (χ0v) is 21.9. The maximum Gasteiger partial charge on any atom is 0.0541 e. The number of para-hydroxylation sites is 2. The molecule has 2 aromatic heterocycles. The minimum atomic E-state index is 1.17. The van der Waals surface area contributed by atoms with Crippen LogP contribution in [-0.2, 0) is 0 Å². The van der Waals surface area contributed by atoms with E-state index in [0.717, 1.165) is 0 Å². The minimum Gasteiger partial charge on any atom is -0.317 e. The lowest BCUT2D eigenvalue weighted by molar-refractivity contribution is 1.13. The molecule has 2 heteroatoms. The van der Waals surface area contributed by atoms with Crippen LogP contribution in [0.25, 0.3) is 66.3 Å². The number of aromatic nitrogens is 2. The first-order valence-corrected chi connectivity index (χ1v) is 13.7. The smallest absolute Gasteiger partial charge is 0.0541 e. The molecule has 2 nitrogen and oxygen atoms in total. The van der Waals surface area contributed by atoms with E-state index < -0.39 is 0 Å². The summed E-state index contributed by atoms with van der Waals surface area (Å²) in [6.45, 7) is 0. The quantitative estimate of drug-likeness (QED) is 0.223.